The first-order valence-electron chi connectivity index (χ1n) is 6.25. The quantitative estimate of drug-likeness (QED) is 0.804. The van der Waals surface area contributed by atoms with Crippen molar-refractivity contribution in [2.24, 2.45) is 0 Å². The number of rotatable bonds is 5. The Hall–Kier alpha value is -1.91. The number of carbonyl (C=O) groups excluding carboxylic acids is 1. The van der Waals surface area contributed by atoms with E-state index in [1.54, 1.807) is 7.11 Å². The fourth-order valence-corrected chi connectivity index (χ4v) is 1.42. The molecule has 0 heterocycles. The molecule has 0 saturated heterocycles. The Morgan fingerprint density at radius 3 is 2.63 bits per heavy atom. The predicted molar refractivity (Wildman–Crippen MR) is 75.7 cm³/mol. The Balaban J connectivity index is 2.25. The third-order valence-corrected chi connectivity index (χ3v) is 2.19. The van der Waals surface area contributed by atoms with Crippen molar-refractivity contribution >= 4 is 11.8 Å². The Morgan fingerprint density at radius 2 is 2.00 bits per heavy atom. The highest BCUT2D eigenvalue weighted by Gasteiger charge is 2.15. The van der Waals surface area contributed by atoms with Crippen molar-refractivity contribution in [3.05, 3.63) is 24.3 Å². The molecule has 0 aliphatic heterocycles. The van der Waals surface area contributed by atoms with Crippen molar-refractivity contribution < 1.29 is 14.3 Å². The Kier molecular flexibility index (Phi) is 5.48. The summed E-state index contributed by atoms with van der Waals surface area (Å²) in [4.78, 5) is 11.4. The van der Waals surface area contributed by atoms with Crippen molar-refractivity contribution in [2.75, 3.05) is 25.5 Å². The van der Waals surface area contributed by atoms with Crippen molar-refractivity contribution in [2.45, 2.75) is 26.4 Å². The molecule has 5 heteroatoms. The molecule has 5 nitrogen and oxygen atoms in total. The number of amides is 1. The average Bonchev–Trinajstić information content (AvgIpc) is 2.33. The first kappa shape index (κ1) is 15.1. The van der Waals surface area contributed by atoms with Gasteiger partial charge in [0.15, 0.2) is 0 Å². The van der Waals surface area contributed by atoms with E-state index < -0.39 is 11.7 Å². The van der Waals surface area contributed by atoms with Gasteiger partial charge in [0.05, 0.1) is 7.11 Å². The molecule has 0 bridgehead atoms. The molecule has 1 rings (SSSR count). The Morgan fingerprint density at radius 1 is 1.26 bits per heavy atom. The van der Waals surface area contributed by atoms with Crippen LogP contribution in [0.25, 0.3) is 0 Å². The zero-order valence-corrected chi connectivity index (χ0v) is 11.9. The molecular weight excluding hydrogens is 244 g/mol. The zero-order chi connectivity index (χ0) is 14.3. The first-order chi connectivity index (χ1) is 8.90. The molecule has 1 aromatic rings. The van der Waals surface area contributed by atoms with E-state index in [-0.39, 0.29) is 0 Å². The summed E-state index contributed by atoms with van der Waals surface area (Å²) in [5, 5.41) is 5.87. The maximum atomic E-state index is 11.4. The van der Waals surface area contributed by atoms with Crippen LogP contribution >= 0.6 is 0 Å². The van der Waals surface area contributed by atoms with Crippen LogP contribution in [0.5, 0.6) is 5.75 Å². The van der Waals surface area contributed by atoms with Gasteiger partial charge in [0.2, 0.25) is 0 Å². The molecule has 0 aliphatic carbocycles. The summed E-state index contributed by atoms with van der Waals surface area (Å²) in [6.07, 6.45) is -0.403. The van der Waals surface area contributed by atoms with Crippen LogP contribution in [-0.4, -0.2) is 31.9 Å². The lowest BCUT2D eigenvalue weighted by Gasteiger charge is -2.19. The molecule has 0 fully saturated rings. The maximum Gasteiger partial charge on any atom is 0.407 e. The molecule has 0 saturated carbocycles. The number of carbonyl (C=O) groups is 1. The van der Waals surface area contributed by atoms with Gasteiger partial charge in [-0.05, 0) is 32.9 Å². The highest BCUT2D eigenvalue weighted by molar-refractivity contribution is 5.67. The summed E-state index contributed by atoms with van der Waals surface area (Å²) in [6, 6.07) is 7.62. The van der Waals surface area contributed by atoms with Gasteiger partial charge in [-0.3, -0.25) is 0 Å². The maximum absolute atomic E-state index is 11.4. The second-order valence-electron chi connectivity index (χ2n) is 5.09. The number of benzene rings is 1. The van der Waals surface area contributed by atoms with Crippen LogP contribution in [0.4, 0.5) is 10.5 Å². The smallest absolute Gasteiger partial charge is 0.407 e. The number of anilines is 1. The van der Waals surface area contributed by atoms with Gasteiger partial charge in [0.25, 0.3) is 0 Å². The van der Waals surface area contributed by atoms with Crippen LogP contribution in [0, 0.1) is 0 Å². The van der Waals surface area contributed by atoms with Gasteiger partial charge >= 0.3 is 6.09 Å². The van der Waals surface area contributed by atoms with E-state index in [9.17, 15) is 4.79 Å². The summed E-state index contributed by atoms with van der Waals surface area (Å²) < 4.78 is 10.3. The highest BCUT2D eigenvalue weighted by atomic mass is 16.6. The molecule has 1 amide bonds. The number of alkyl carbamates (subject to hydrolysis) is 1. The molecule has 106 valence electrons. The Labute approximate surface area is 114 Å². The van der Waals surface area contributed by atoms with Crippen LogP contribution in [-0.2, 0) is 4.74 Å². The summed E-state index contributed by atoms with van der Waals surface area (Å²) in [5.41, 5.74) is 0.481. The van der Waals surface area contributed by atoms with E-state index >= 15 is 0 Å². The lowest BCUT2D eigenvalue weighted by molar-refractivity contribution is 0.0530. The summed E-state index contributed by atoms with van der Waals surface area (Å²) in [6.45, 7) is 6.61. The minimum atomic E-state index is -0.468. The number of methoxy groups -OCH3 is 1. The van der Waals surface area contributed by atoms with Crippen molar-refractivity contribution in [3.63, 3.8) is 0 Å². The van der Waals surface area contributed by atoms with Crippen LogP contribution in [0.2, 0.25) is 0 Å². The molecule has 0 aliphatic rings. The number of ether oxygens (including phenoxy) is 2. The minimum absolute atomic E-state index is 0.403. The highest BCUT2D eigenvalue weighted by Crippen LogP contribution is 2.16. The topological polar surface area (TPSA) is 59.6 Å². The monoisotopic (exact) mass is 266 g/mol. The van der Waals surface area contributed by atoms with Crippen LogP contribution < -0.4 is 15.4 Å². The number of hydrogen-bond acceptors (Lipinski definition) is 4. The molecule has 0 spiro atoms. The summed E-state index contributed by atoms with van der Waals surface area (Å²) >= 11 is 0. The average molecular weight is 266 g/mol. The molecule has 0 aromatic heterocycles. The van der Waals surface area contributed by atoms with Gasteiger partial charge < -0.3 is 20.1 Å². The molecule has 0 radical (unpaired) electrons. The largest absolute Gasteiger partial charge is 0.497 e. The van der Waals surface area contributed by atoms with Crippen LogP contribution in [0.15, 0.2) is 24.3 Å². The second kappa shape index (κ2) is 6.87. The van der Waals surface area contributed by atoms with Gasteiger partial charge in [-0.1, -0.05) is 6.07 Å². The van der Waals surface area contributed by atoms with E-state index in [2.05, 4.69) is 10.6 Å². The van der Waals surface area contributed by atoms with Crippen molar-refractivity contribution in [1.82, 2.24) is 5.32 Å². The minimum Gasteiger partial charge on any atom is -0.497 e. The van der Waals surface area contributed by atoms with E-state index in [4.69, 9.17) is 9.47 Å². The van der Waals surface area contributed by atoms with Crippen LogP contribution in [0.3, 0.4) is 0 Å². The number of hydrogen-bond donors (Lipinski definition) is 2. The van der Waals surface area contributed by atoms with E-state index in [0.717, 1.165) is 11.4 Å². The van der Waals surface area contributed by atoms with E-state index in [1.165, 1.54) is 0 Å². The third kappa shape index (κ3) is 6.55. The second-order valence-corrected chi connectivity index (χ2v) is 5.09. The molecule has 2 N–H and O–H groups in total. The molecule has 0 unspecified atom stereocenters. The molecule has 0 atom stereocenters. The SMILES string of the molecule is COc1cccc(NCCNC(=O)OC(C)(C)C)c1. The van der Waals surface area contributed by atoms with Gasteiger partial charge in [0.1, 0.15) is 11.4 Å². The zero-order valence-electron chi connectivity index (χ0n) is 11.9. The van der Waals surface area contributed by atoms with Gasteiger partial charge in [-0.2, -0.15) is 0 Å². The van der Waals surface area contributed by atoms with E-state index in [1.807, 2.05) is 45.0 Å². The van der Waals surface area contributed by atoms with Crippen molar-refractivity contribution in [1.29, 1.82) is 0 Å². The van der Waals surface area contributed by atoms with Crippen LogP contribution in [0.1, 0.15) is 20.8 Å². The number of nitrogens with one attached hydrogen (secondary N) is 2. The summed E-state index contributed by atoms with van der Waals surface area (Å²) in [7, 11) is 1.63. The third-order valence-electron chi connectivity index (χ3n) is 2.19. The molecule has 19 heavy (non-hydrogen) atoms. The lowest BCUT2D eigenvalue weighted by Crippen LogP contribution is -2.34. The fraction of sp³-hybridized carbons (Fsp3) is 0.500. The van der Waals surface area contributed by atoms with Crippen molar-refractivity contribution in [3.8, 4) is 5.75 Å². The summed E-state index contributed by atoms with van der Waals surface area (Å²) in [5.74, 6) is 0.796. The predicted octanol–water partition coefficient (Wildman–Crippen LogP) is 2.63. The standard InChI is InChI=1S/C14H22N2O3/c1-14(2,3)19-13(17)16-9-8-15-11-6-5-7-12(10-11)18-4/h5-7,10,15H,8-9H2,1-4H3,(H,16,17). The lowest BCUT2D eigenvalue weighted by atomic mass is 10.2. The van der Waals surface area contributed by atoms with E-state index in [0.29, 0.717) is 13.1 Å². The normalized spacial score (nSPS) is 10.7. The van der Waals surface area contributed by atoms with Gasteiger partial charge in [-0.25, -0.2) is 4.79 Å². The first-order valence-corrected chi connectivity index (χ1v) is 6.25. The van der Waals surface area contributed by atoms with Gasteiger partial charge in [0, 0.05) is 24.8 Å². The van der Waals surface area contributed by atoms with Gasteiger partial charge in [-0.15, -0.1) is 0 Å². The fourth-order valence-electron chi connectivity index (χ4n) is 1.42. The molecule has 1 aromatic carbocycles. The molecular formula is C14H22N2O3. The Bertz CT molecular complexity index is 413.